The van der Waals surface area contributed by atoms with Crippen LogP contribution in [0.4, 0.5) is 0 Å². The fourth-order valence-corrected chi connectivity index (χ4v) is 2.46. The normalized spacial score (nSPS) is 52.2. The minimum absolute atomic E-state index is 0.0325. The van der Waals surface area contributed by atoms with E-state index in [1.54, 1.807) is 0 Å². The molecule has 1 saturated carbocycles. The summed E-state index contributed by atoms with van der Waals surface area (Å²) in [6.07, 6.45) is 2.16. The quantitative estimate of drug-likeness (QED) is 0.606. The first-order chi connectivity index (χ1) is 5.54. The number of ether oxygens (including phenoxy) is 1. The Kier molecular flexibility index (Phi) is 1.74. The van der Waals surface area contributed by atoms with E-state index in [1.807, 2.05) is 0 Å². The lowest BCUT2D eigenvalue weighted by molar-refractivity contribution is 0.0442. The maximum Gasteiger partial charge on any atom is 0.113 e. The van der Waals surface area contributed by atoms with Crippen LogP contribution < -0.4 is 0 Å². The van der Waals surface area contributed by atoms with Crippen LogP contribution in [0.25, 0.3) is 0 Å². The second kappa shape index (κ2) is 2.46. The molecule has 12 heavy (non-hydrogen) atoms. The van der Waals surface area contributed by atoms with Crippen molar-refractivity contribution in [1.82, 2.24) is 0 Å². The summed E-state index contributed by atoms with van der Waals surface area (Å²) in [5, 5.41) is 9.89. The minimum atomic E-state index is -0.219. The molecule has 1 heterocycles. The van der Waals surface area contributed by atoms with E-state index < -0.39 is 0 Å². The smallest absolute Gasteiger partial charge is 0.113 e. The van der Waals surface area contributed by atoms with Crippen molar-refractivity contribution in [2.75, 3.05) is 0 Å². The molecule has 0 unspecified atom stereocenters. The highest BCUT2D eigenvalue weighted by atomic mass is 16.6. The lowest BCUT2D eigenvalue weighted by Gasteiger charge is -2.30. The summed E-state index contributed by atoms with van der Waals surface area (Å²) in [6.45, 7) is 6.47. The average Bonchev–Trinajstić information content (AvgIpc) is 2.62. The molecular weight excluding hydrogens is 152 g/mol. The summed E-state index contributed by atoms with van der Waals surface area (Å²) in [6, 6.07) is 0. The molecule has 0 aromatic rings. The highest BCUT2D eigenvalue weighted by Crippen LogP contribution is 2.50. The molecule has 70 valence electrons. The van der Waals surface area contributed by atoms with Crippen LogP contribution in [0.1, 0.15) is 33.6 Å². The molecule has 1 aliphatic heterocycles. The van der Waals surface area contributed by atoms with E-state index in [0.717, 1.165) is 12.8 Å². The fourth-order valence-electron chi connectivity index (χ4n) is 2.46. The Bertz CT molecular complexity index is 190. The van der Waals surface area contributed by atoms with Crippen LogP contribution in [0, 0.1) is 11.8 Å². The summed E-state index contributed by atoms with van der Waals surface area (Å²) < 4.78 is 5.51. The Morgan fingerprint density at radius 1 is 1.50 bits per heavy atom. The zero-order chi connectivity index (χ0) is 8.93. The number of epoxide rings is 1. The van der Waals surface area contributed by atoms with Crippen LogP contribution in [-0.4, -0.2) is 22.9 Å². The average molecular weight is 170 g/mol. The van der Waals surface area contributed by atoms with Gasteiger partial charge < -0.3 is 9.84 Å². The van der Waals surface area contributed by atoms with Crippen molar-refractivity contribution in [3.05, 3.63) is 0 Å². The third-order valence-electron chi connectivity index (χ3n) is 3.52. The van der Waals surface area contributed by atoms with Gasteiger partial charge in [0.25, 0.3) is 0 Å². The third-order valence-corrected chi connectivity index (χ3v) is 3.52. The molecule has 1 N–H and O–H groups in total. The molecule has 0 amide bonds. The molecular formula is C10H18O2. The van der Waals surface area contributed by atoms with E-state index in [1.165, 1.54) is 0 Å². The maximum absolute atomic E-state index is 9.89. The van der Waals surface area contributed by atoms with Crippen molar-refractivity contribution in [3.8, 4) is 0 Å². The Morgan fingerprint density at radius 3 is 2.75 bits per heavy atom. The first-order valence-corrected chi connectivity index (χ1v) is 4.90. The predicted molar refractivity (Wildman–Crippen MR) is 46.8 cm³/mol. The molecule has 2 nitrogen and oxygen atoms in total. The van der Waals surface area contributed by atoms with E-state index in [0.29, 0.717) is 11.8 Å². The van der Waals surface area contributed by atoms with Gasteiger partial charge in [0.2, 0.25) is 0 Å². The molecule has 1 aliphatic carbocycles. The Morgan fingerprint density at radius 2 is 2.17 bits per heavy atom. The zero-order valence-corrected chi connectivity index (χ0v) is 8.08. The molecule has 4 atom stereocenters. The van der Waals surface area contributed by atoms with Crippen molar-refractivity contribution in [2.24, 2.45) is 11.8 Å². The monoisotopic (exact) mass is 170 g/mol. The van der Waals surface area contributed by atoms with Gasteiger partial charge in [0.15, 0.2) is 0 Å². The van der Waals surface area contributed by atoms with E-state index in [2.05, 4.69) is 20.8 Å². The first-order valence-electron chi connectivity index (χ1n) is 4.90. The van der Waals surface area contributed by atoms with Crippen molar-refractivity contribution in [3.63, 3.8) is 0 Å². The number of hydrogen-bond acceptors (Lipinski definition) is 2. The second-order valence-corrected chi connectivity index (χ2v) is 4.79. The Labute approximate surface area is 73.9 Å². The predicted octanol–water partition coefficient (Wildman–Crippen LogP) is 1.57. The maximum atomic E-state index is 9.89. The summed E-state index contributed by atoms with van der Waals surface area (Å²) in [5.41, 5.74) is 0.0325. The van der Waals surface area contributed by atoms with Crippen LogP contribution in [0.3, 0.4) is 0 Å². The Balaban J connectivity index is 2.04. The molecule has 2 aliphatic rings. The van der Waals surface area contributed by atoms with Crippen LogP contribution in [0.5, 0.6) is 0 Å². The van der Waals surface area contributed by atoms with Gasteiger partial charge in [0.1, 0.15) is 6.10 Å². The number of hydrogen-bond donors (Lipinski definition) is 1. The molecule has 0 aromatic carbocycles. The lowest BCUT2D eigenvalue weighted by Crippen LogP contribution is -2.38. The highest BCUT2D eigenvalue weighted by molar-refractivity contribution is 5.08. The van der Waals surface area contributed by atoms with Crippen LogP contribution in [-0.2, 0) is 4.74 Å². The standard InChI is InChI=1S/C10H18O2/c1-6(2)7-4-5-10(3)9(12-10)8(7)11/h6-9,11H,4-5H2,1-3H3/t7-,8-,9+,10-/m0/s1. The van der Waals surface area contributed by atoms with Gasteiger partial charge in [-0.25, -0.2) is 0 Å². The number of aliphatic hydroxyl groups excluding tert-OH is 1. The summed E-state index contributed by atoms with van der Waals surface area (Å²) in [5.74, 6) is 1.03. The van der Waals surface area contributed by atoms with Gasteiger partial charge in [-0.3, -0.25) is 0 Å². The zero-order valence-electron chi connectivity index (χ0n) is 8.08. The van der Waals surface area contributed by atoms with Crippen LogP contribution in [0.2, 0.25) is 0 Å². The van der Waals surface area contributed by atoms with E-state index in [9.17, 15) is 5.11 Å². The Hall–Kier alpha value is -0.0800. The molecule has 0 aromatic heterocycles. The molecule has 0 radical (unpaired) electrons. The van der Waals surface area contributed by atoms with Gasteiger partial charge in [-0.1, -0.05) is 13.8 Å². The molecule has 0 bridgehead atoms. The third kappa shape index (κ3) is 1.09. The fraction of sp³-hybridized carbons (Fsp3) is 1.00. The number of rotatable bonds is 1. The van der Waals surface area contributed by atoms with Gasteiger partial charge in [-0.15, -0.1) is 0 Å². The van der Waals surface area contributed by atoms with Crippen molar-refractivity contribution >= 4 is 0 Å². The van der Waals surface area contributed by atoms with Gasteiger partial charge in [0.05, 0.1) is 11.7 Å². The SMILES string of the molecule is CC(C)[C@@H]1CC[C@]2(C)O[C@@H]2[C@H]1O. The van der Waals surface area contributed by atoms with Crippen molar-refractivity contribution < 1.29 is 9.84 Å². The molecule has 1 saturated heterocycles. The van der Waals surface area contributed by atoms with E-state index in [4.69, 9.17) is 4.74 Å². The molecule has 0 spiro atoms. The second-order valence-electron chi connectivity index (χ2n) is 4.79. The topological polar surface area (TPSA) is 32.8 Å². The molecule has 2 fully saturated rings. The lowest BCUT2D eigenvalue weighted by atomic mass is 9.75. The van der Waals surface area contributed by atoms with Gasteiger partial charge in [-0.05, 0) is 31.6 Å². The van der Waals surface area contributed by atoms with Crippen molar-refractivity contribution in [1.29, 1.82) is 0 Å². The van der Waals surface area contributed by atoms with E-state index in [-0.39, 0.29) is 17.8 Å². The van der Waals surface area contributed by atoms with Crippen LogP contribution >= 0.6 is 0 Å². The number of fused-ring (bicyclic) bond motifs is 1. The highest BCUT2D eigenvalue weighted by Gasteiger charge is 2.60. The van der Waals surface area contributed by atoms with Crippen LogP contribution in [0.15, 0.2) is 0 Å². The largest absolute Gasteiger partial charge is 0.390 e. The summed E-state index contributed by atoms with van der Waals surface area (Å²) >= 11 is 0. The number of aliphatic hydroxyl groups is 1. The summed E-state index contributed by atoms with van der Waals surface area (Å²) in [7, 11) is 0. The molecule has 2 heteroatoms. The molecule has 2 rings (SSSR count). The van der Waals surface area contributed by atoms with Crippen molar-refractivity contribution in [2.45, 2.75) is 51.4 Å². The van der Waals surface area contributed by atoms with Gasteiger partial charge in [0, 0.05) is 0 Å². The van der Waals surface area contributed by atoms with E-state index >= 15 is 0 Å². The van der Waals surface area contributed by atoms with Gasteiger partial charge in [-0.2, -0.15) is 0 Å². The van der Waals surface area contributed by atoms with Gasteiger partial charge >= 0.3 is 0 Å². The minimum Gasteiger partial charge on any atom is -0.390 e. The summed E-state index contributed by atoms with van der Waals surface area (Å²) in [4.78, 5) is 0. The first kappa shape index (κ1) is 8.52.